The normalized spacial score (nSPS) is 12.8. The van der Waals surface area contributed by atoms with E-state index in [-0.39, 0.29) is 17.7 Å². The molecule has 0 saturated carbocycles. The average Bonchev–Trinajstić information content (AvgIpc) is 2.84. The number of aromatic nitrogens is 3. The van der Waals surface area contributed by atoms with Crippen molar-refractivity contribution in [2.45, 2.75) is 18.8 Å². The largest absolute Gasteiger partial charge is 0.320 e. The fraction of sp³-hybridized carbons (Fsp3) is 0.200. The van der Waals surface area contributed by atoms with Crippen molar-refractivity contribution >= 4 is 22.6 Å². The van der Waals surface area contributed by atoms with E-state index in [0.29, 0.717) is 5.52 Å². The molecule has 0 radical (unpaired) electrons. The van der Waals surface area contributed by atoms with E-state index in [4.69, 9.17) is 11.6 Å². The molecule has 102 valence electrons. The fourth-order valence-electron chi connectivity index (χ4n) is 2.42. The lowest BCUT2D eigenvalue weighted by Crippen LogP contribution is -2.10. The quantitative estimate of drug-likeness (QED) is 0.684. The molecule has 0 saturated heterocycles. The second-order valence-electron chi connectivity index (χ2n) is 4.63. The van der Waals surface area contributed by atoms with Crippen LogP contribution in [0.2, 0.25) is 0 Å². The molecule has 3 nitrogen and oxygen atoms in total. The molecule has 1 aromatic carbocycles. The third kappa shape index (κ3) is 2.16. The van der Waals surface area contributed by atoms with E-state index >= 15 is 0 Å². The van der Waals surface area contributed by atoms with Crippen LogP contribution in [0.25, 0.3) is 11.0 Å². The second kappa shape index (κ2) is 5.21. The van der Waals surface area contributed by atoms with Crippen LogP contribution in [-0.2, 0) is 5.88 Å². The molecule has 0 aliphatic rings. The maximum absolute atomic E-state index is 13.3. The lowest BCUT2D eigenvalue weighted by molar-refractivity contribution is 0.625. The van der Waals surface area contributed by atoms with Crippen LogP contribution in [0.3, 0.4) is 0 Å². The average molecular weight is 290 g/mol. The van der Waals surface area contributed by atoms with Gasteiger partial charge in [-0.3, -0.25) is 4.98 Å². The molecule has 0 spiro atoms. The zero-order valence-electron chi connectivity index (χ0n) is 10.9. The van der Waals surface area contributed by atoms with Crippen molar-refractivity contribution in [2.75, 3.05) is 0 Å². The monoisotopic (exact) mass is 289 g/mol. The van der Waals surface area contributed by atoms with Crippen molar-refractivity contribution in [1.29, 1.82) is 0 Å². The van der Waals surface area contributed by atoms with Crippen LogP contribution >= 0.6 is 11.6 Å². The minimum Gasteiger partial charge on any atom is -0.320 e. The molecule has 5 heteroatoms. The van der Waals surface area contributed by atoms with Crippen molar-refractivity contribution in [1.82, 2.24) is 14.5 Å². The molecule has 1 unspecified atom stereocenters. The number of imidazole rings is 1. The zero-order chi connectivity index (χ0) is 14.1. The third-order valence-electron chi connectivity index (χ3n) is 3.40. The predicted molar refractivity (Wildman–Crippen MR) is 77.3 cm³/mol. The van der Waals surface area contributed by atoms with E-state index in [1.165, 1.54) is 12.1 Å². The Kier molecular flexibility index (Phi) is 3.40. The first-order valence-corrected chi connectivity index (χ1v) is 6.86. The summed E-state index contributed by atoms with van der Waals surface area (Å²) in [7, 11) is 0. The highest BCUT2D eigenvalue weighted by Gasteiger charge is 2.17. The Balaban J connectivity index is 2.19. The number of rotatable bonds is 3. The minimum atomic E-state index is -0.294. The van der Waals surface area contributed by atoms with E-state index in [1.807, 2.05) is 22.9 Å². The smallest absolute Gasteiger partial charge is 0.125 e. The Morgan fingerprint density at radius 1 is 1.35 bits per heavy atom. The first-order chi connectivity index (χ1) is 9.70. The van der Waals surface area contributed by atoms with Gasteiger partial charge >= 0.3 is 0 Å². The van der Waals surface area contributed by atoms with E-state index < -0.39 is 0 Å². The van der Waals surface area contributed by atoms with E-state index in [2.05, 4.69) is 16.9 Å². The van der Waals surface area contributed by atoms with Crippen molar-refractivity contribution < 1.29 is 4.39 Å². The fourth-order valence-corrected chi connectivity index (χ4v) is 2.61. The van der Waals surface area contributed by atoms with Gasteiger partial charge in [0.2, 0.25) is 0 Å². The van der Waals surface area contributed by atoms with Gasteiger partial charge in [0.05, 0.1) is 23.0 Å². The van der Waals surface area contributed by atoms with E-state index in [0.717, 1.165) is 16.9 Å². The summed E-state index contributed by atoms with van der Waals surface area (Å²) >= 11 is 5.98. The van der Waals surface area contributed by atoms with Crippen molar-refractivity contribution in [3.05, 3.63) is 59.9 Å². The molecule has 3 rings (SSSR count). The van der Waals surface area contributed by atoms with Crippen LogP contribution in [0.1, 0.15) is 24.4 Å². The molecule has 3 aromatic rings. The van der Waals surface area contributed by atoms with Crippen LogP contribution in [-0.4, -0.2) is 14.5 Å². The molecule has 1 atom stereocenters. The number of alkyl halides is 1. The van der Waals surface area contributed by atoms with Gasteiger partial charge in [-0.05, 0) is 30.7 Å². The number of nitrogens with zero attached hydrogens (tertiary/aromatic N) is 3. The number of pyridine rings is 1. The number of halogens is 2. The summed E-state index contributed by atoms with van der Waals surface area (Å²) in [6, 6.07) is 8.54. The van der Waals surface area contributed by atoms with Gasteiger partial charge in [-0.1, -0.05) is 6.07 Å². The molecule has 0 fully saturated rings. The lowest BCUT2D eigenvalue weighted by atomic mass is 10.1. The summed E-state index contributed by atoms with van der Waals surface area (Å²) in [5.41, 5.74) is 2.55. The predicted octanol–water partition coefficient (Wildman–Crippen LogP) is 3.92. The molecule has 0 aliphatic carbocycles. The summed E-state index contributed by atoms with van der Waals surface area (Å²) in [4.78, 5) is 8.55. The molecule has 0 amide bonds. The van der Waals surface area contributed by atoms with Gasteiger partial charge < -0.3 is 4.57 Å². The van der Waals surface area contributed by atoms with E-state index in [9.17, 15) is 4.39 Å². The number of hydrogen-bond donors (Lipinski definition) is 0. The summed E-state index contributed by atoms with van der Waals surface area (Å²) in [6.45, 7) is 2.05. The highest BCUT2D eigenvalue weighted by atomic mass is 35.5. The van der Waals surface area contributed by atoms with Gasteiger partial charge in [0.15, 0.2) is 0 Å². The number of benzene rings is 1. The second-order valence-corrected chi connectivity index (χ2v) is 4.89. The minimum absolute atomic E-state index is 0.0351. The van der Waals surface area contributed by atoms with Crippen LogP contribution in [0.15, 0.2) is 42.7 Å². The lowest BCUT2D eigenvalue weighted by Gasteiger charge is -2.17. The molecule has 0 bridgehead atoms. The van der Waals surface area contributed by atoms with Gasteiger partial charge in [0.1, 0.15) is 11.6 Å². The standard InChI is InChI=1S/C15H13ClFN3/c1-10(11-3-2-6-18-9-11)20-14-5-4-12(17)7-13(14)19-15(20)8-16/h2-7,9-10H,8H2,1H3. The Labute approximate surface area is 121 Å². The molecular weight excluding hydrogens is 277 g/mol. The molecular formula is C15H13ClFN3. The van der Waals surface area contributed by atoms with Gasteiger partial charge in [-0.15, -0.1) is 11.6 Å². The van der Waals surface area contributed by atoms with Crippen molar-refractivity contribution in [2.24, 2.45) is 0 Å². The number of fused-ring (bicyclic) bond motifs is 1. The Bertz CT molecular complexity index is 739. The van der Waals surface area contributed by atoms with Gasteiger partial charge in [-0.2, -0.15) is 0 Å². The molecule has 2 heterocycles. The zero-order valence-corrected chi connectivity index (χ0v) is 11.7. The number of hydrogen-bond acceptors (Lipinski definition) is 2. The summed E-state index contributed by atoms with van der Waals surface area (Å²) in [5, 5.41) is 0. The highest BCUT2D eigenvalue weighted by Crippen LogP contribution is 2.26. The highest BCUT2D eigenvalue weighted by molar-refractivity contribution is 6.16. The SMILES string of the molecule is CC(c1cccnc1)n1c(CCl)nc2cc(F)ccc21. The van der Waals surface area contributed by atoms with Gasteiger partial charge in [0.25, 0.3) is 0 Å². The van der Waals surface area contributed by atoms with Crippen LogP contribution < -0.4 is 0 Å². The first kappa shape index (κ1) is 13.1. The van der Waals surface area contributed by atoms with Gasteiger partial charge in [-0.25, -0.2) is 9.37 Å². The maximum Gasteiger partial charge on any atom is 0.125 e. The maximum atomic E-state index is 13.3. The first-order valence-electron chi connectivity index (χ1n) is 6.33. The summed E-state index contributed by atoms with van der Waals surface area (Å²) < 4.78 is 15.3. The molecule has 20 heavy (non-hydrogen) atoms. The van der Waals surface area contributed by atoms with Crippen molar-refractivity contribution in [3.8, 4) is 0 Å². The van der Waals surface area contributed by atoms with Crippen molar-refractivity contribution in [3.63, 3.8) is 0 Å². The summed E-state index contributed by atoms with van der Waals surface area (Å²) in [6.07, 6.45) is 3.55. The molecule has 2 aromatic heterocycles. The van der Waals surface area contributed by atoms with Crippen LogP contribution in [0, 0.1) is 5.82 Å². The Hall–Kier alpha value is -1.94. The summed E-state index contributed by atoms with van der Waals surface area (Å²) in [5.74, 6) is 0.710. The molecule has 0 aliphatic heterocycles. The Morgan fingerprint density at radius 2 is 2.20 bits per heavy atom. The molecule has 0 N–H and O–H groups in total. The van der Waals surface area contributed by atoms with E-state index in [1.54, 1.807) is 12.3 Å². The van der Waals surface area contributed by atoms with Gasteiger partial charge in [0, 0.05) is 18.5 Å². The Morgan fingerprint density at radius 3 is 2.90 bits per heavy atom. The topological polar surface area (TPSA) is 30.7 Å². The van der Waals surface area contributed by atoms with Crippen LogP contribution in [0.5, 0.6) is 0 Å². The van der Waals surface area contributed by atoms with Crippen LogP contribution in [0.4, 0.5) is 4.39 Å². The third-order valence-corrected chi connectivity index (χ3v) is 3.64.